The number of carboxylic acid groups (broad SMARTS) is 1. The van der Waals surface area contributed by atoms with Gasteiger partial charge in [-0.25, -0.2) is 23.8 Å². The van der Waals surface area contributed by atoms with Crippen molar-refractivity contribution in [3.05, 3.63) is 59.8 Å². The van der Waals surface area contributed by atoms with E-state index in [4.69, 9.17) is 5.11 Å². The Bertz CT molecular complexity index is 888. The van der Waals surface area contributed by atoms with Crippen molar-refractivity contribution in [1.82, 2.24) is 19.7 Å². The minimum Gasteiger partial charge on any atom is -0.476 e. The van der Waals surface area contributed by atoms with Crippen LogP contribution in [-0.4, -0.2) is 30.8 Å². The van der Waals surface area contributed by atoms with Gasteiger partial charge in [0.25, 0.3) is 0 Å². The summed E-state index contributed by atoms with van der Waals surface area (Å²) in [4.78, 5) is 19.9. The molecule has 1 N–H and O–H groups in total. The first-order valence-corrected chi connectivity index (χ1v) is 7.38. The van der Waals surface area contributed by atoms with Crippen molar-refractivity contribution in [1.29, 1.82) is 0 Å². The largest absolute Gasteiger partial charge is 0.476 e. The summed E-state index contributed by atoms with van der Waals surface area (Å²) in [5.41, 5.74) is 1.39. The molecule has 3 rings (SSSR count). The van der Waals surface area contributed by atoms with Crippen LogP contribution in [0.4, 0.5) is 4.39 Å². The summed E-state index contributed by atoms with van der Waals surface area (Å²) < 4.78 is 14.5. The first-order valence-electron chi connectivity index (χ1n) is 7.38. The lowest BCUT2D eigenvalue weighted by molar-refractivity contribution is 0.0690. The number of nitrogens with zero attached hydrogens (tertiary/aromatic N) is 4. The Hall–Kier alpha value is -3.09. The Balaban J connectivity index is 2.11. The van der Waals surface area contributed by atoms with E-state index in [2.05, 4.69) is 15.1 Å². The molecule has 0 amide bonds. The average Bonchev–Trinajstić information content (AvgIpc) is 3.05. The molecular weight excluding hydrogens is 311 g/mol. The van der Waals surface area contributed by atoms with E-state index in [9.17, 15) is 9.18 Å². The number of halogens is 1. The van der Waals surface area contributed by atoms with Crippen molar-refractivity contribution in [2.45, 2.75) is 19.8 Å². The number of aromatic carboxylic acids is 1. The Morgan fingerprint density at radius 2 is 1.88 bits per heavy atom. The van der Waals surface area contributed by atoms with Crippen LogP contribution in [-0.2, 0) is 0 Å². The fourth-order valence-corrected chi connectivity index (χ4v) is 2.16. The second-order valence-corrected chi connectivity index (χ2v) is 5.59. The second kappa shape index (κ2) is 6.19. The summed E-state index contributed by atoms with van der Waals surface area (Å²) in [7, 11) is 0. The molecule has 122 valence electrons. The van der Waals surface area contributed by atoms with Crippen LogP contribution in [0.25, 0.3) is 17.2 Å². The number of benzene rings is 1. The number of rotatable bonds is 4. The lowest BCUT2D eigenvalue weighted by atomic mass is 10.1. The number of aromatic nitrogens is 4. The summed E-state index contributed by atoms with van der Waals surface area (Å²) in [6, 6.07) is 9.05. The summed E-state index contributed by atoms with van der Waals surface area (Å²) in [5, 5.41) is 13.0. The molecule has 0 saturated heterocycles. The van der Waals surface area contributed by atoms with E-state index in [0.717, 1.165) is 5.69 Å². The van der Waals surface area contributed by atoms with Gasteiger partial charge >= 0.3 is 5.97 Å². The summed E-state index contributed by atoms with van der Waals surface area (Å²) in [6.45, 7) is 3.98. The van der Waals surface area contributed by atoms with Crippen LogP contribution < -0.4 is 0 Å². The molecule has 1 aromatic carbocycles. The maximum Gasteiger partial charge on any atom is 0.356 e. The SMILES string of the molecule is CC(C)c1cc(-n2ccc(C(=O)O)n2)nc(-c2ccc(F)cc2)n1. The van der Waals surface area contributed by atoms with Gasteiger partial charge in [0.1, 0.15) is 5.82 Å². The highest BCUT2D eigenvalue weighted by atomic mass is 19.1. The molecule has 7 heteroatoms. The Kier molecular flexibility index (Phi) is 4.07. The van der Waals surface area contributed by atoms with E-state index in [-0.39, 0.29) is 17.4 Å². The predicted molar refractivity (Wildman–Crippen MR) is 85.6 cm³/mol. The van der Waals surface area contributed by atoms with Crippen molar-refractivity contribution < 1.29 is 14.3 Å². The highest BCUT2D eigenvalue weighted by molar-refractivity contribution is 5.85. The monoisotopic (exact) mass is 326 g/mol. The normalized spacial score (nSPS) is 11.0. The van der Waals surface area contributed by atoms with Crippen molar-refractivity contribution in [3.8, 4) is 17.2 Å². The lowest BCUT2D eigenvalue weighted by Crippen LogP contribution is -2.07. The van der Waals surface area contributed by atoms with Crippen molar-refractivity contribution in [2.24, 2.45) is 0 Å². The van der Waals surface area contributed by atoms with Gasteiger partial charge in [-0.15, -0.1) is 0 Å². The van der Waals surface area contributed by atoms with Gasteiger partial charge in [0.15, 0.2) is 17.3 Å². The van der Waals surface area contributed by atoms with Gasteiger partial charge in [-0.3, -0.25) is 0 Å². The molecule has 6 nitrogen and oxygen atoms in total. The van der Waals surface area contributed by atoms with Crippen LogP contribution in [0, 0.1) is 5.82 Å². The molecule has 0 bridgehead atoms. The molecule has 0 fully saturated rings. The molecule has 0 aliphatic rings. The first kappa shape index (κ1) is 15.8. The van der Waals surface area contributed by atoms with Crippen molar-refractivity contribution >= 4 is 5.97 Å². The number of hydrogen-bond acceptors (Lipinski definition) is 4. The molecule has 0 atom stereocenters. The summed E-state index contributed by atoms with van der Waals surface area (Å²) >= 11 is 0. The van der Waals surface area contributed by atoms with Crippen LogP contribution in [0.1, 0.15) is 35.9 Å². The van der Waals surface area contributed by atoms with Crippen LogP contribution in [0.5, 0.6) is 0 Å². The minimum absolute atomic E-state index is 0.0666. The summed E-state index contributed by atoms with van der Waals surface area (Å²) in [6.07, 6.45) is 1.53. The van der Waals surface area contributed by atoms with Crippen molar-refractivity contribution in [2.75, 3.05) is 0 Å². The van der Waals surface area contributed by atoms with Gasteiger partial charge in [0, 0.05) is 23.5 Å². The smallest absolute Gasteiger partial charge is 0.356 e. The number of carbonyl (C=O) groups is 1. The van der Waals surface area contributed by atoms with E-state index in [1.54, 1.807) is 18.2 Å². The van der Waals surface area contributed by atoms with Gasteiger partial charge < -0.3 is 5.11 Å². The molecule has 0 radical (unpaired) electrons. The van der Waals surface area contributed by atoms with Crippen LogP contribution >= 0.6 is 0 Å². The molecule has 2 heterocycles. The topological polar surface area (TPSA) is 80.9 Å². The fourth-order valence-electron chi connectivity index (χ4n) is 2.16. The highest BCUT2D eigenvalue weighted by Gasteiger charge is 2.13. The van der Waals surface area contributed by atoms with Crippen LogP contribution in [0.3, 0.4) is 0 Å². The number of hydrogen-bond donors (Lipinski definition) is 1. The molecule has 0 spiro atoms. The molecule has 0 aliphatic carbocycles. The fraction of sp³-hybridized carbons (Fsp3) is 0.176. The molecular formula is C17H15FN4O2. The Labute approximate surface area is 137 Å². The van der Waals surface area contributed by atoms with E-state index >= 15 is 0 Å². The van der Waals surface area contributed by atoms with Gasteiger partial charge in [-0.2, -0.15) is 5.10 Å². The zero-order valence-corrected chi connectivity index (χ0v) is 13.1. The predicted octanol–water partition coefficient (Wildman–Crippen LogP) is 3.29. The van der Waals surface area contributed by atoms with E-state index in [1.165, 1.54) is 29.1 Å². The van der Waals surface area contributed by atoms with E-state index in [0.29, 0.717) is 17.2 Å². The quantitative estimate of drug-likeness (QED) is 0.795. The van der Waals surface area contributed by atoms with E-state index in [1.807, 2.05) is 13.8 Å². The first-order chi connectivity index (χ1) is 11.4. The Morgan fingerprint density at radius 1 is 1.17 bits per heavy atom. The zero-order valence-electron chi connectivity index (χ0n) is 13.1. The molecule has 0 aliphatic heterocycles. The maximum absolute atomic E-state index is 13.1. The third-order valence-corrected chi connectivity index (χ3v) is 3.47. The molecule has 0 unspecified atom stereocenters. The average molecular weight is 326 g/mol. The van der Waals surface area contributed by atoms with Crippen molar-refractivity contribution in [3.63, 3.8) is 0 Å². The van der Waals surface area contributed by atoms with Gasteiger partial charge in [0.05, 0.1) is 0 Å². The zero-order chi connectivity index (χ0) is 17.3. The standard InChI is InChI=1S/C17H15FN4O2/c1-10(2)14-9-15(22-8-7-13(21-22)17(23)24)20-16(19-14)11-3-5-12(18)6-4-11/h3-10H,1-2H3,(H,23,24). The van der Waals surface area contributed by atoms with E-state index < -0.39 is 5.97 Å². The Morgan fingerprint density at radius 3 is 2.46 bits per heavy atom. The highest BCUT2D eigenvalue weighted by Crippen LogP contribution is 2.21. The van der Waals surface area contributed by atoms with Gasteiger partial charge in [-0.1, -0.05) is 13.8 Å². The lowest BCUT2D eigenvalue weighted by Gasteiger charge is -2.10. The minimum atomic E-state index is -1.11. The molecule has 0 saturated carbocycles. The molecule has 3 aromatic rings. The summed E-state index contributed by atoms with van der Waals surface area (Å²) in [5.74, 6) is -0.410. The molecule has 2 aromatic heterocycles. The molecule has 24 heavy (non-hydrogen) atoms. The van der Waals surface area contributed by atoms with Crippen LogP contribution in [0.2, 0.25) is 0 Å². The van der Waals surface area contributed by atoms with Gasteiger partial charge in [-0.05, 0) is 36.2 Å². The third-order valence-electron chi connectivity index (χ3n) is 3.47. The second-order valence-electron chi connectivity index (χ2n) is 5.59. The maximum atomic E-state index is 13.1. The van der Waals surface area contributed by atoms with Gasteiger partial charge in [0.2, 0.25) is 0 Å². The number of carboxylic acids is 1. The van der Waals surface area contributed by atoms with Crippen LogP contribution in [0.15, 0.2) is 42.6 Å². The third kappa shape index (κ3) is 3.15.